The first-order valence-corrected chi connectivity index (χ1v) is 6.12. The van der Waals surface area contributed by atoms with Crippen LogP contribution < -0.4 is 10.9 Å². The fourth-order valence-electron chi connectivity index (χ4n) is 1.31. The Hall–Kier alpha value is -1.40. The summed E-state index contributed by atoms with van der Waals surface area (Å²) in [6.45, 7) is -1.51. The maximum atomic E-state index is 11.9. The van der Waals surface area contributed by atoms with Gasteiger partial charge in [-0.25, -0.2) is 4.68 Å². The smallest absolute Gasteiger partial charge is 0.284 e. The van der Waals surface area contributed by atoms with Crippen LogP contribution in [0.4, 0.5) is 5.69 Å². The van der Waals surface area contributed by atoms with Crippen molar-refractivity contribution in [3.05, 3.63) is 21.0 Å². The number of hydrogen-bond acceptors (Lipinski definition) is 6. The Balaban J connectivity index is 3.14. The van der Waals surface area contributed by atoms with Gasteiger partial charge >= 0.3 is 0 Å². The molecule has 7 nitrogen and oxygen atoms in total. The van der Waals surface area contributed by atoms with E-state index in [1.807, 2.05) is 0 Å². The summed E-state index contributed by atoms with van der Waals surface area (Å²) in [6.07, 6.45) is 6.42. The molecule has 1 rings (SSSR count). The number of aromatic nitrogens is 2. The number of hydrogen-bond donors (Lipinski definition) is 4. The third-order valence-corrected chi connectivity index (χ3v) is 3.30. The van der Waals surface area contributed by atoms with Crippen LogP contribution in [0.2, 0.25) is 0 Å². The lowest BCUT2D eigenvalue weighted by molar-refractivity contribution is 0.0833. The molecule has 0 radical (unpaired) electrons. The van der Waals surface area contributed by atoms with Gasteiger partial charge in [-0.15, -0.1) is 6.42 Å². The van der Waals surface area contributed by atoms with Gasteiger partial charge in [-0.2, -0.15) is 5.10 Å². The Kier molecular flexibility index (Phi) is 5.50. The molecule has 0 unspecified atom stereocenters. The maximum Gasteiger partial charge on any atom is 0.284 e. The molecule has 0 fully saturated rings. The summed E-state index contributed by atoms with van der Waals surface area (Å²) in [5.74, 6) is 2.29. The molecule has 0 amide bonds. The zero-order chi connectivity index (χ0) is 14.5. The van der Waals surface area contributed by atoms with Crippen molar-refractivity contribution in [1.82, 2.24) is 9.78 Å². The van der Waals surface area contributed by atoms with Gasteiger partial charge < -0.3 is 20.6 Å². The predicted molar refractivity (Wildman–Crippen MR) is 72.6 cm³/mol. The lowest BCUT2D eigenvalue weighted by atomic mass is 10.0. The number of rotatable bonds is 6. The quantitative estimate of drug-likeness (QED) is 0.486. The molecule has 0 aliphatic rings. The Bertz CT molecular complexity index is 525. The van der Waals surface area contributed by atoms with E-state index in [0.29, 0.717) is 0 Å². The first kappa shape index (κ1) is 15.7. The van der Waals surface area contributed by atoms with Gasteiger partial charge in [0.25, 0.3) is 5.56 Å². The molecule has 0 aliphatic carbocycles. The van der Waals surface area contributed by atoms with Crippen molar-refractivity contribution >= 4 is 21.6 Å². The highest BCUT2D eigenvalue weighted by atomic mass is 79.9. The van der Waals surface area contributed by atoms with Gasteiger partial charge in [0, 0.05) is 0 Å². The summed E-state index contributed by atoms with van der Waals surface area (Å²) < 4.78 is 1.23. The van der Waals surface area contributed by atoms with E-state index in [1.165, 1.54) is 6.20 Å². The van der Waals surface area contributed by atoms with Crippen molar-refractivity contribution in [2.75, 3.05) is 25.1 Å². The Labute approximate surface area is 118 Å². The fraction of sp³-hybridized carbons (Fsp3) is 0.455. The largest absolute Gasteiger partial charge is 0.394 e. The second-order valence-electron chi connectivity index (χ2n) is 3.92. The molecule has 0 aliphatic heterocycles. The minimum atomic E-state index is -1.34. The Morgan fingerprint density at radius 2 is 2.00 bits per heavy atom. The molecule has 1 aromatic heterocycles. The molecule has 0 atom stereocenters. The van der Waals surface area contributed by atoms with E-state index in [4.69, 9.17) is 6.42 Å². The number of halogens is 1. The summed E-state index contributed by atoms with van der Waals surface area (Å²) in [4.78, 5) is 11.9. The summed E-state index contributed by atoms with van der Waals surface area (Å²) >= 11 is 3.09. The van der Waals surface area contributed by atoms with Gasteiger partial charge in [0.1, 0.15) is 16.6 Å². The van der Waals surface area contributed by atoms with Crippen LogP contribution in [0.15, 0.2) is 15.5 Å². The number of terminal acetylenes is 1. The molecule has 0 spiro atoms. The minimum absolute atomic E-state index is 0.0306. The number of nitrogens with zero attached hydrogens (tertiary/aromatic N) is 2. The molecular formula is C11H14BrN3O4. The van der Waals surface area contributed by atoms with E-state index in [-0.39, 0.29) is 16.7 Å². The van der Waals surface area contributed by atoms with E-state index in [9.17, 15) is 20.1 Å². The second kappa shape index (κ2) is 6.68. The van der Waals surface area contributed by atoms with Crippen LogP contribution in [0, 0.1) is 12.3 Å². The van der Waals surface area contributed by atoms with Crippen molar-refractivity contribution in [2.24, 2.45) is 0 Å². The summed E-state index contributed by atoms with van der Waals surface area (Å²) in [5.41, 5.74) is -1.55. The lowest BCUT2D eigenvalue weighted by Gasteiger charge is -2.30. The van der Waals surface area contributed by atoms with Gasteiger partial charge in [0.2, 0.25) is 0 Å². The molecule has 104 valence electrons. The predicted octanol–water partition coefficient (Wildman–Crippen LogP) is -1.23. The second-order valence-corrected chi connectivity index (χ2v) is 4.71. The average molecular weight is 332 g/mol. The molecule has 0 aromatic carbocycles. The van der Waals surface area contributed by atoms with Crippen molar-refractivity contribution < 1.29 is 15.3 Å². The number of anilines is 1. The minimum Gasteiger partial charge on any atom is -0.394 e. The van der Waals surface area contributed by atoms with Crippen LogP contribution in [0.1, 0.15) is 0 Å². The molecule has 0 bridgehead atoms. The molecular weight excluding hydrogens is 318 g/mol. The third-order valence-electron chi connectivity index (χ3n) is 2.53. The van der Waals surface area contributed by atoms with E-state index in [2.05, 4.69) is 32.3 Å². The topological polar surface area (TPSA) is 108 Å². The highest BCUT2D eigenvalue weighted by molar-refractivity contribution is 9.10. The summed E-state index contributed by atoms with van der Waals surface area (Å²) in [5, 5.41) is 34.2. The molecule has 8 heteroatoms. The van der Waals surface area contributed by atoms with Crippen molar-refractivity contribution in [1.29, 1.82) is 0 Å². The van der Waals surface area contributed by atoms with Gasteiger partial charge in [-0.1, -0.05) is 5.92 Å². The van der Waals surface area contributed by atoms with Gasteiger partial charge in [0.05, 0.1) is 31.7 Å². The summed E-state index contributed by atoms with van der Waals surface area (Å²) in [7, 11) is 0. The van der Waals surface area contributed by atoms with Gasteiger partial charge in [-0.3, -0.25) is 4.79 Å². The van der Waals surface area contributed by atoms with E-state index >= 15 is 0 Å². The highest BCUT2D eigenvalue weighted by Crippen LogP contribution is 2.20. The number of aliphatic hydroxyl groups is 3. The first-order valence-electron chi connectivity index (χ1n) is 5.33. The maximum absolute atomic E-state index is 11.9. The zero-order valence-electron chi connectivity index (χ0n) is 10.0. The third kappa shape index (κ3) is 3.33. The van der Waals surface area contributed by atoms with Crippen LogP contribution in [-0.2, 0) is 6.54 Å². The molecule has 1 aromatic rings. The van der Waals surface area contributed by atoms with E-state index in [0.717, 1.165) is 4.68 Å². The van der Waals surface area contributed by atoms with Crippen LogP contribution in [0.25, 0.3) is 0 Å². The standard InChI is InChI=1S/C11H14BrN3O4/c1-2-3-15-10(19)9(12)8(4-13-15)14-11(5-16,6-17)7-18/h1,4,14,16-18H,3,5-7H2. The monoisotopic (exact) mass is 331 g/mol. The fourth-order valence-corrected chi connectivity index (χ4v) is 1.71. The van der Waals surface area contributed by atoms with E-state index in [1.54, 1.807) is 0 Å². The highest BCUT2D eigenvalue weighted by Gasteiger charge is 2.29. The molecule has 19 heavy (non-hydrogen) atoms. The average Bonchev–Trinajstić information content (AvgIpc) is 2.44. The molecule has 4 N–H and O–H groups in total. The number of nitrogens with one attached hydrogen (secondary N) is 1. The lowest BCUT2D eigenvalue weighted by Crippen LogP contribution is -2.49. The van der Waals surface area contributed by atoms with Crippen molar-refractivity contribution in [2.45, 2.75) is 12.1 Å². The SMILES string of the molecule is C#CCn1ncc(NC(CO)(CO)CO)c(Br)c1=O. The van der Waals surface area contributed by atoms with Gasteiger partial charge in [0.15, 0.2) is 0 Å². The molecule has 0 saturated heterocycles. The molecule has 0 saturated carbocycles. The Morgan fingerprint density at radius 1 is 1.42 bits per heavy atom. The number of aliphatic hydroxyl groups excluding tert-OH is 3. The van der Waals surface area contributed by atoms with E-state index < -0.39 is 30.9 Å². The summed E-state index contributed by atoms with van der Waals surface area (Å²) in [6, 6.07) is 0. The Morgan fingerprint density at radius 3 is 2.47 bits per heavy atom. The van der Waals surface area contributed by atoms with Crippen molar-refractivity contribution in [3.63, 3.8) is 0 Å². The normalized spacial score (nSPS) is 11.1. The first-order chi connectivity index (χ1) is 9.03. The van der Waals surface area contributed by atoms with Crippen LogP contribution in [-0.4, -0.2) is 50.5 Å². The molecule has 1 heterocycles. The van der Waals surface area contributed by atoms with Crippen LogP contribution in [0.5, 0.6) is 0 Å². The van der Waals surface area contributed by atoms with Crippen LogP contribution >= 0.6 is 15.9 Å². The zero-order valence-corrected chi connectivity index (χ0v) is 11.6. The van der Waals surface area contributed by atoms with Gasteiger partial charge in [-0.05, 0) is 15.9 Å². The van der Waals surface area contributed by atoms with Crippen molar-refractivity contribution in [3.8, 4) is 12.3 Å². The van der Waals surface area contributed by atoms with Crippen LogP contribution in [0.3, 0.4) is 0 Å².